The van der Waals surface area contributed by atoms with E-state index in [1.807, 2.05) is 42.5 Å². The van der Waals surface area contributed by atoms with Crippen LogP contribution in [0.15, 0.2) is 53.4 Å². The summed E-state index contributed by atoms with van der Waals surface area (Å²) in [6.07, 6.45) is 2.82. The highest BCUT2D eigenvalue weighted by atomic mass is 32.2. The molecule has 0 radical (unpaired) electrons. The molecule has 1 heterocycles. The maximum Gasteiger partial charge on any atom is 0.307 e. The lowest BCUT2D eigenvalue weighted by Crippen LogP contribution is -2.35. The van der Waals surface area contributed by atoms with Crippen LogP contribution in [0.4, 0.5) is 5.69 Å². The summed E-state index contributed by atoms with van der Waals surface area (Å²) in [4.78, 5) is 37.5. The molecule has 2 unspecified atom stereocenters. The van der Waals surface area contributed by atoms with Crippen LogP contribution in [0.25, 0.3) is 0 Å². The SMILES string of the molecule is O=C(COC(=O)CC1Sc2ccccc2NC1=O)NC1CCCc2ccccc21. The molecule has 7 heteroatoms. The van der Waals surface area contributed by atoms with Crippen LogP contribution in [0.5, 0.6) is 0 Å². The number of hydrogen-bond donors (Lipinski definition) is 2. The molecule has 2 aliphatic rings. The number of carbonyl (C=O) groups is 3. The number of nitrogens with one attached hydrogen (secondary N) is 2. The lowest BCUT2D eigenvalue weighted by molar-refractivity contribution is -0.149. The van der Waals surface area contributed by atoms with Crippen LogP contribution in [0, 0.1) is 0 Å². The van der Waals surface area contributed by atoms with E-state index in [1.165, 1.54) is 17.3 Å². The third-order valence-electron chi connectivity index (χ3n) is 5.13. The molecule has 29 heavy (non-hydrogen) atoms. The van der Waals surface area contributed by atoms with Crippen molar-refractivity contribution >= 4 is 35.2 Å². The van der Waals surface area contributed by atoms with Crippen molar-refractivity contribution in [3.8, 4) is 0 Å². The highest BCUT2D eigenvalue weighted by molar-refractivity contribution is 8.01. The minimum absolute atomic E-state index is 0.0534. The van der Waals surface area contributed by atoms with Gasteiger partial charge in [-0.25, -0.2) is 0 Å². The highest BCUT2D eigenvalue weighted by Crippen LogP contribution is 2.36. The van der Waals surface area contributed by atoms with Gasteiger partial charge in [0.25, 0.3) is 5.91 Å². The summed E-state index contributed by atoms with van der Waals surface area (Å²) < 4.78 is 5.13. The minimum Gasteiger partial charge on any atom is -0.456 e. The number of aryl methyl sites for hydroxylation is 1. The fourth-order valence-corrected chi connectivity index (χ4v) is 4.82. The Labute approximate surface area is 173 Å². The zero-order valence-corrected chi connectivity index (χ0v) is 16.7. The highest BCUT2D eigenvalue weighted by Gasteiger charge is 2.29. The van der Waals surface area contributed by atoms with E-state index in [9.17, 15) is 14.4 Å². The number of fused-ring (bicyclic) bond motifs is 2. The van der Waals surface area contributed by atoms with E-state index in [4.69, 9.17) is 4.74 Å². The molecule has 2 atom stereocenters. The van der Waals surface area contributed by atoms with Gasteiger partial charge in [0.15, 0.2) is 6.61 Å². The van der Waals surface area contributed by atoms with E-state index in [2.05, 4.69) is 16.7 Å². The van der Waals surface area contributed by atoms with Gasteiger partial charge in [-0.05, 0) is 42.5 Å². The molecule has 0 aromatic heterocycles. The van der Waals surface area contributed by atoms with Gasteiger partial charge < -0.3 is 15.4 Å². The van der Waals surface area contributed by atoms with Gasteiger partial charge in [0, 0.05) is 4.90 Å². The zero-order chi connectivity index (χ0) is 20.2. The normalized spacial score (nSPS) is 20.1. The maximum absolute atomic E-state index is 12.3. The molecular formula is C22H22N2O4S. The van der Waals surface area contributed by atoms with E-state index < -0.39 is 11.2 Å². The zero-order valence-electron chi connectivity index (χ0n) is 15.9. The first-order valence-corrected chi connectivity index (χ1v) is 10.6. The van der Waals surface area contributed by atoms with Gasteiger partial charge in [0.05, 0.1) is 23.4 Å². The van der Waals surface area contributed by atoms with E-state index in [-0.39, 0.29) is 30.9 Å². The van der Waals surface area contributed by atoms with Crippen LogP contribution in [0.2, 0.25) is 0 Å². The van der Waals surface area contributed by atoms with E-state index >= 15 is 0 Å². The molecule has 0 saturated carbocycles. The number of hydrogen-bond acceptors (Lipinski definition) is 5. The van der Waals surface area contributed by atoms with Crippen molar-refractivity contribution < 1.29 is 19.1 Å². The quantitative estimate of drug-likeness (QED) is 0.740. The molecule has 1 aliphatic carbocycles. The van der Waals surface area contributed by atoms with Crippen LogP contribution in [-0.2, 0) is 25.5 Å². The topological polar surface area (TPSA) is 84.5 Å². The molecule has 150 valence electrons. The number of carbonyl (C=O) groups excluding carboxylic acids is 3. The monoisotopic (exact) mass is 410 g/mol. The maximum atomic E-state index is 12.3. The Hall–Kier alpha value is -2.80. The van der Waals surface area contributed by atoms with Crippen molar-refractivity contribution in [2.75, 3.05) is 11.9 Å². The van der Waals surface area contributed by atoms with E-state index in [0.29, 0.717) is 0 Å². The summed E-state index contributed by atoms with van der Waals surface area (Å²) in [6, 6.07) is 15.5. The average Bonchev–Trinajstić information content (AvgIpc) is 2.73. The molecule has 0 bridgehead atoms. The second kappa shape index (κ2) is 8.69. The van der Waals surface area contributed by atoms with Crippen LogP contribution in [-0.4, -0.2) is 29.6 Å². The molecule has 4 rings (SSSR count). The molecule has 0 spiro atoms. The van der Waals surface area contributed by atoms with Crippen molar-refractivity contribution in [3.63, 3.8) is 0 Å². The summed E-state index contributed by atoms with van der Waals surface area (Å²) in [5.41, 5.74) is 3.13. The van der Waals surface area contributed by atoms with Crippen molar-refractivity contribution in [3.05, 3.63) is 59.7 Å². The van der Waals surface area contributed by atoms with Gasteiger partial charge >= 0.3 is 5.97 Å². The largest absolute Gasteiger partial charge is 0.456 e. The predicted molar refractivity (Wildman–Crippen MR) is 111 cm³/mol. The second-order valence-electron chi connectivity index (χ2n) is 7.17. The summed E-state index contributed by atoms with van der Waals surface area (Å²) in [6.45, 7) is -0.340. The lowest BCUT2D eigenvalue weighted by Gasteiger charge is -2.26. The Balaban J connectivity index is 1.27. The average molecular weight is 410 g/mol. The third kappa shape index (κ3) is 4.62. The Bertz CT molecular complexity index is 946. The van der Waals surface area contributed by atoms with Crippen molar-refractivity contribution in [2.24, 2.45) is 0 Å². The van der Waals surface area contributed by atoms with Crippen LogP contribution in [0.3, 0.4) is 0 Å². The number of rotatable bonds is 5. The first kappa shape index (κ1) is 19.5. The fourth-order valence-electron chi connectivity index (χ4n) is 3.72. The first-order valence-electron chi connectivity index (χ1n) is 9.69. The van der Waals surface area contributed by atoms with E-state index in [0.717, 1.165) is 35.4 Å². The molecule has 6 nitrogen and oxygen atoms in total. The number of para-hydroxylation sites is 1. The van der Waals surface area contributed by atoms with Crippen molar-refractivity contribution in [1.29, 1.82) is 0 Å². The lowest BCUT2D eigenvalue weighted by atomic mass is 9.88. The van der Waals surface area contributed by atoms with Crippen molar-refractivity contribution in [2.45, 2.75) is 41.9 Å². The number of anilines is 1. The van der Waals surface area contributed by atoms with Gasteiger partial charge in [-0.3, -0.25) is 14.4 Å². The molecule has 1 aliphatic heterocycles. The van der Waals surface area contributed by atoms with Gasteiger partial charge in [-0.2, -0.15) is 0 Å². The molecule has 2 N–H and O–H groups in total. The van der Waals surface area contributed by atoms with E-state index in [1.54, 1.807) is 0 Å². The fraction of sp³-hybridized carbons (Fsp3) is 0.318. The smallest absolute Gasteiger partial charge is 0.307 e. The molecule has 0 fully saturated rings. The molecule has 0 saturated heterocycles. The molecule has 2 aromatic carbocycles. The van der Waals surface area contributed by atoms with Gasteiger partial charge in [0.2, 0.25) is 5.91 Å². The summed E-state index contributed by atoms with van der Waals surface area (Å²) >= 11 is 1.34. The summed E-state index contributed by atoms with van der Waals surface area (Å²) in [7, 11) is 0. The number of amides is 2. The van der Waals surface area contributed by atoms with Gasteiger partial charge in [-0.15, -0.1) is 11.8 Å². The van der Waals surface area contributed by atoms with Gasteiger partial charge in [-0.1, -0.05) is 36.4 Å². The molecular weight excluding hydrogens is 388 g/mol. The predicted octanol–water partition coefficient (Wildman–Crippen LogP) is 3.23. The van der Waals surface area contributed by atoms with Crippen molar-refractivity contribution in [1.82, 2.24) is 5.32 Å². The number of esters is 1. The minimum atomic E-state index is -0.564. The standard InChI is InChI=1S/C22H22N2O4S/c25-20(23-16-10-5-7-14-6-1-2-8-15(14)16)13-28-21(26)12-19-22(27)24-17-9-3-4-11-18(17)29-19/h1-4,6,8-9,11,16,19H,5,7,10,12-13H2,(H,23,25)(H,24,27). The number of benzene rings is 2. The summed E-state index contributed by atoms with van der Waals surface area (Å²) in [5.74, 6) is -1.11. The Morgan fingerprint density at radius 2 is 1.93 bits per heavy atom. The number of ether oxygens (including phenoxy) is 1. The Kier molecular flexibility index (Phi) is 5.85. The third-order valence-corrected chi connectivity index (χ3v) is 6.40. The van der Waals surface area contributed by atoms with Crippen LogP contribution < -0.4 is 10.6 Å². The van der Waals surface area contributed by atoms with Crippen LogP contribution in [0.1, 0.15) is 36.4 Å². The van der Waals surface area contributed by atoms with Crippen LogP contribution >= 0.6 is 11.8 Å². The first-order chi connectivity index (χ1) is 14.1. The Morgan fingerprint density at radius 3 is 2.83 bits per heavy atom. The molecule has 2 amide bonds. The molecule has 2 aromatic rings. The number of thioether (sulfide) groups is 1. The Morgan fingerprint density at radius 1 is 1.14 bits per heavy atom. The summed E-state index contributed by atoms with van der Waals surface area (Å²) in [5, 5.41) is 5.19. The second-order valence-corrected chi connectivity index (χ2v) is 8.41. The van der Waals surface area contributed by atoms with Gasteiger partial charge in [0.1, 0.15) is 0 Å².